The van der Waals surface area contributed by atoms with Gasteiger partial charge in [0.15, 0.2) is 5.09 Å². The lowest BCUT2D eigenvalue weighted by atomic mass is 10.3. The molecule has 0 amide bonds. The normalized spacial score (nSPS) is 10.3. The maximum absolute atomic E-state index is 10.7. The first-order valence-corrected chi connectivity index (χ1v) is 5.79. The lowest BCUT2D eigenvalue weighted by molar-refractivity contribution is 0.0656. The maximum atomic E-state index is 10.7. The third-order valence-corrected chi connectivity index (χ3v) is 3.35. The molecule has 0 radical (unpaired) electrons. The number of furan rings is 1. The average Bonchev–Trinajstić information content (AvgIpc) is 2.86. The van der Waals surface area contributed by atoms with Crippen LogP contribution in [0, 0.1) is 18.3 Å². The summed E-state index contributed by atoms with van der Waals surface area (Å²) in [6.45, 7) is 1.74. The van der Waals surface area contributed by atoms with Crippen LogP contribution < -0.4 is 0 Å². The van der Waals surface area contributed by atoms with E-state index in [0.29, 0.717) is 21.4 Å². The van der Waals surface area contributed by atoms with Crippen LogP contribution in [0.3, 0.4) is 0 Å². The van der Waals surface area contributed by atoms with E-state index >= 15 is 0 Å². The fraction of sp³-hybridized carbons (Fsp3) is 0.182. The van der Waals surface area contributed by atoms with Crippen molar-refractivity contribution in [1.82, 2.24) is 9.78 Å². The summed E-state index contributed by atoms with van der Waals surface area (Å²) in [5.41, 5.74) is 1.10. The minimum absolute atomic E-state index is 0.130. The molecule has 0 aliphatic heterocycles. The van der Waals surface area contributed by atoms with Crippen LogP contribution in [0.2, 0.25) is 0 Å². The Balaban J connectivity index is 2.34. The highest BCUT2D eigenvalue weighted by atomic mass is 32.2. The number of nitriles is 1. The van der Waals surface area contributed by atoms with Crippen molar-refractivity contribution in [2.24, 2.45) is 7.05 Å². The number of aromatic carboxylic acids is 1. The summed E-state index contributed by atoms with van der Waals surface area (Å²) in [6.07, 6.45) is 0. The topological polar surface area (TPSA) is 92.1 Å². The lowest BCUT2D eigenvalue weighted by Crippen LogP contribution is -1.93. The second-order valence-corrected chi connectivity index (χ2v) is 4.52. The molecule has 0 saturated carbocycles. The van der Waals surface area contributed by atoms with Crippen LogP contribution in [0.5, 0.6) is 0 Å². The molecule has 0 aliphatic rings. The Bertz CT molecular complexity index is 651. The summed E-state index contributed by atoms with van der Waals surface area (Å²) >= 11 is 1.17. The Kier molecular flexibility index (Phi) is 3.12. The molecule has 2 rings (SSSR count). The fourth-order valence-electron chi connectivity index (χ4n) is 1.47. The molecule has 0 aliphatic carbocycles. The molecular weight excluding hydrogens is 254 g/mol. The van der Waals surface area contributed by atoms with E-state index in [4.69, 9.17) is 14.8 Å². The first kappa shape index (κ1) is 12.3. The summed E-state index contributed by atoms with van der Waals surface area (Å²) in [5, 5.41) is 23.0. The number of carbonyl (C=O) groups is 1. The van der Waals surface area contributed by atoms with Gasteiger partial charge < -0.3 is 9.52 Å². The monoisotopic (exact) mass is 263 g/mol. The summed E-state index contributed by atoms with van der Waals surface area (Å²) in [7, 11) is 1.72. The zero-order chi connectivity index (χ0) is 13.3. The highest BCUT2D eigenvalue weighted by Crippen LogP contribution is 2.32. The van der Waals surface area contributed by atoms with E-state index in [1.54, 1.807) is 24.7 Å². The van der Waals surface area contributed by atoms with E-state index in [9.17, 15) is 4.79 Å². The molecule has 18 heavy (non-hydrogen) atoms. The number of carboxylic acid groups (broad SMARTS) is 1. The molecule has 0 unspecified atom stereocenters. The van der Waals surface area contributed by atoms with Gasteiger partial charge in [-0.3, -0.25) is 4.68 Å². The zero-order valence-electron chi connectivity index (χ0n) is 9.67. The summed E-state index contributed by atoms with van der Waals surface area (Å²) in [5.74, 6) is -1.25. The van der Waals surface area contributed by atoms with E-state index in [1.165, 1.54) is 17.8 Å². The highest BCUT2D eigenvalue weighted by molar-refractivity contribution is 7.99. The van der Waals surface area contributed by atoms with Crippen molar-refractivity contribution in [3.8, 4) is 6.07 Å². The van der Waals surface area contributed by atoms with Crippen molar-refractivity contribution in [2.45, 2.75) is 17.0 Å². The van der Waals surface area contributed by atoms with Crippen LogP contribution >= 0.6 is 11.8 Å². The van der Waals surface area contributed by atoms with Crippen molar-refractivity contribution in [1.29, 1.82) is 5.26 Å². The minimum atomic E-state index is -1.12. The van der Waals surface area contributed by atoms with Crippen LogP contribution in [0.1, 0.15) is 21.8 Å². The van der Waals surface area contributed by atoms with E-state index in [2.05, 4.69) is 11.2 Å². The second kappa shape index (κ2) is 4.58. The predicted molar refractivity (Wildman–Crippen MR) is 62.5 cm³/mol. The second-order valence-electron chi connectivity index (χ2n) is 3.53. The third kappa shape index (κ3) is 2.10. The van der Waals surface area contributed by atoms with Gasteiger partial charge in [-0.25, -0.2) is 4.79 Å². The van der Waals surface area contributed by atoms with E-state index in [1.807, 2.05) is 0 Å². The van der Waals surface area contributed by atoms with Gasteiger partial charge in [-0.15, -0.1) is 0 Å². The molecule has 6 nitrogen and oxygen atoms in total. The largest absolute Gasteiger partial charge is 0.475 e. The van der Waals surface area contributed by atoms with Gasteiger partial charge in [0, 0.05) is 7.05 Å². The van der Waals surface area contributed by atoms with Crippen LogP contribution in [-0.4, -0.2) is 20.9 Å². The zero-order valence-corrected chi connectivity index (χ0v) is 10.5. The van der Waals surface area contributed by atoms with Gasteiger partial charge >= 0.3 is 5.97 Å². The van der Waals surface area contributed by atoms with Gasteiger partial charge in [-0.1, -0.05) is 0 Å². The van der Waals surface area contributed by atoms with Gasteiger partial charge in [0.05, 0.1) is 5.69 Å². The number of rotatable bonds is 3. The molecular formula is C11H9N3O3S. The molecule has 0 bridgehead atoms. The third-order valence-electron chi connectivity index (χ3n) is 2.27. The maximum Gasteiger partial charge on any atom is 0.371 e. The summed E-state index contributed by atoms with van der Waals surface area (Å²) in [6, 6.07) is 5.00. The van der Waals surface area contributed by atoms with E-state index in [0.717, 1.165) is 0 Å². The fourth-order valence-corrected chi connectivity index (χ4v) is 2.39. The Morgan fingerprint density at radius 1 is 1.61 bits per heavy atom. The summed E-state index contributed by atoms with van der Waals surface area (Å²) in [4.78, 5) is 10.7. The number of aromatic nitrogens is 2. The highest BCUT2D eigenvalue weighted by Gasteiger charge is 2.17. The van der Waals surface area contributed by atoms with Crippen LogP contribution in [0.4, 0.5) is 0 Å². The number of nitrogens with zero attached hydrogens (tertiary/aromatic N) is 3. The van der Waals surface area contributed by atoms with Crippen molar-refractivity contribution >= 4 is 17.7 Å². The van der Waals surface area contributed by atoms with Crippen LogP contribution in [0.15, 0.2) is 26.7 Å². The van der Waals surface area contributed by atoms with Gasteiger partial charge in [-0.2, -0.15) is 10.4 Å². The molecule has 0 spiro atoms. The van der Waals surface area contributed by atoms with Gasteiger partial charge in [0.25, 0.3) is 0 Å². The summed E-state index contributed by atoms with van der Waals surface area (Å²) < 4.78 is 6.70. The quantitative estimate of drug-likeness (QED) is 0.911. The van der Waals surface area contributed by atoms with E-state index in [-0.39, 0.29) is 5.76 Å². The Morgan fingerprint density at radius 3 is 2.89 bits per heavy atom. The molecule has 2 heterocycles. The van der Waals surface area contributed by atoms with E-state index < -0.39 is 5.97 Å². The van der Waals surface area contributed by atoms with Gasteiger partial charge in [-0.05, 0) is 30.8 Å². The van der Waals surface area contributed by atoms with Crippen molar-refractivity contribution in [3.05, 3.63) is 29.2 Å². The number of hydrogen-bond donors (Lipinski definition) is 1. The molecule has 0 atom stereocenters. The predicted octanol–water partition coefficient (Wildman–Crippen LogP) is 2.04. The van der Waals surface area contributed by atoms with Crippen molar-refractivity contribution < 1.29 is 14.3 Å². The molecule has 92 valence electrons. The molecule has 2 aromatic heterocycles. The molecule has 0 saturated heterocycles. The molecule has 1 N–H and O–H groups in total. The average molecular weight is 263 g/mol. The lowest BCUT2D eigenvalue weighted by Gasteiger charge is -1.98. The molecule has 2 aromatic rings. The Morgan fingerprint density at radius 2 is 2.33 bits per heavy atom. The van der Waals surface area contributed by atoms with Crippen molar-refractivity contribution in [3.63, 3.8) is 0 Å². The van der Waals surface area contributed by atoms with Crippen LogP contribution in [-0.2, 0) is 7.05 Å². The molecule has 0 aromatic carbocycles. The Labute approximate surface area is 107 Å². The van der Waals surface area contributed by atoms with Gasteiger partial charge in [0.2, 0.25) is 5.76 Å². The smallest absolute Gasteiger partial charge is 0.371 e. The molecule has 0 fully saturated rings. The number of hydrogen-bond acceptors (Lipinski definition) is 5. The number of aryl methyl sites for hydroxylation is 2. The first-order valence-electron chi connectivity index (χ1n) is 4.97. The minimum Gasteiger partial charge on any atom is -0.475 e. The van der Waals surface area contributed by atoms with Gasteiger partial charge in [0.1, 0.15) is 16.7 Å². The van der Waals surface area contributed by atoms with Crippen LogP contribution in [0.25, 0.3) is 0 Å². The Hall–Kier alpha value is -2.20. The van der Waals surface area contributed by atoms with Crippen molar-refractivity contribution in [2.75, 3.05) is 0 Å². The molecule has 7 heteroatoms. The SMILES string of the molecule is Cc1nn(C)c(Sc2ccc(C(=O)O)o2)c1C#N. The number of carboxylic acids is 1. The standard InChI is InChI=1S/C11H9N3O3S/c1-6-7(5-12)10(14(2)13-6)18-9-4-3-8(17-9)11(15)16/h3-4H,1-2H3,(H,15,16). The first-order chi connectivity index (χ1) is 8.52.